The fourth-order valence-electron chi connectivity index (χ4n) is 4.54. The number of likely N-dealkylation sites (N-methyl/N-ethyl adjacent to an activating group) is 1. The van der Waals surface area contributed by atoms with Gasteiger partial charge in [-0.25, -0.2) is 4.79 Å². The highest BCUT2D eigenvalue weighted by atomic mass is 16.6. The molecule has 3 amide bonds. The first-order chi connectivity index (χ1) is 16.5. The molecule has 10 nitrogen and oxygen atoms in total. The van der Waals surface area contributed by atoms with E-state index in [2.05, 4.69) is 5.32 Å². The summed E-state index contributed by atoms with van der Waals surface area (Å²) in [6.45, 7) is 5.23. The van der Waals surface area contributed by atoms with E-state index in [1.807, 2.05) is 30.3 Å². The largest absolute Gasteiger partial charge is 0.444 e. The van der Waals surface area contributed by atoms with Crippen LogP contribution in [0.1, 0.15) is 44.8 Å². The Morgan fingerprint density at radius 2 is 1.89 bits per heavy atom. The summed E-state index contributed by atoms with van der Waals surface area (Å²) in [5, 5.41) is 3.65. The van der Waals surface area contributed by atoms with Gasteiger partial charge in [-0.05, 0) is 45.7 Å². The predicted octanol–water partition coefficient (Wildman–Crippen LogP) is 2.37. The molecule has 35 heavy (non-hydrogen) atoms. The van der Waals surface area contributed by atoms with Crippen LogP contribution in [0.3, 0.4) is 0 Å². The highest BCUT2D eigenvalue weighted by Gasteiger charge is 2.46. The molecule has 2 saturated heterocycles. The normalized spacial score (nSPS) is 22.5. The number of fused-ring (bicyclic) bond motifs is 2. The molecule has 0 aliphatic carbocycles. The minimum Gasteiger partial charge on any atom is -0.444 e. The molecule has 0 saturated carbocycles. The van der Waals surface area contributed by atoms with E-state index in [0.717, 1.165) is 15.8 Å². The van der Waals surface area contributed by atoms with Crippen LogP contribution in [0, 0.1) is 0 Å². The van der Waals surface area contributed by atoms with Gasteiger partial charge in [-0.15, -0.1) is 0 Å². The van der Waals surface area contributed by atoms with Crippen molar-refractivity contribution in [3.8, 4) is 0 Å². The molecule has 0 bridgehead atoms. The van der Waals surface area contributed by atoms with Gasteiger partial charge in [0.2, 0.25) is 11.8 Å². The molecule has 2 fully saturated rings. The molecule has 0 radical (unpaired) electrons. The molecule has 4 rings (SSSR count). The maximum atomic E-state index is 13.5. The van der Waals surface area contributed by atoms with Crippen LogP contribution in [-0.4, -0.2) is 82.3 Å². The van der Waals surface area contributed by atoms with E-state index in [9.17, 15) is 19.2 Å². The molecule has 1 aromatic heterocycles. The molecule has 0 spiro atoms. The highest BCUT2D eigenvalue weighted by molar-refractivity contribution is 5.98. The van der Waals surface area contributed by atoms with E-state index < -0.39 is 35.9 Å². The van der Waals surface area contributed by atoms with Crippen LogP contribution in [0.15, 0.2) is 36.5 Å². The first-order valence-corrected chi connectivity index (χ1v) is 11.8. The Balaban J connectivity index is 1.45. The maximum absolute atomic E-state index is 13.5. The Hall–Kier alpha value is -3.40. The lowest BCUT2D eigenvalue weighted by molar-refractivity contribution is -0.143. The van der Waals surface area contributed by atoms with Gasteiger partial charge in [0.05, 0.1) is 12.1 Å². The first kappa shape index (κ1) is 24.7. The van der Waals surface area contributed by atoms with Crippen molar-refractivity contribution in [2.45, 2.75) is 63.9 Å². The number of benzene rings is 1. The van der Waals surface area contributed by atoms with Crippen LogP contribution in [0.2, 0.25) is 0 Å². The van der Waals surface area contributed by atoms with Gasteiger partial charge in [0.1, 0.15) is 30.5 Å². The second-order valence-corrected chi connectivity index (χ2v) is 9.99. The quantitative estimate of drug-likeness (QED) is 0.714. The minimum absolute atomic E-state index is 0.206. The summed E-state index contributed by atoms with van der Waals surface area (Å²) in [6, 6.07) is 7.89. The van der Waals surface area contributed by atoms with Crippen LogP contribution in [0.5, 0.6) is 0 Å². The third kappa shape index (κ3) is 5.32. The van der Waals surface area contributed by atoms with Crippen LogP contribution >= 0.6 is 0 Å². The fourth-order valence-corrected chi connectivity index (χ4v) is 4.54. The van der Waals surface area contributed by atoms with Gasteiger partial charge in [-0.1, -0.05) is 18.2 Å². The number of aromatic nitrogens is 1. The van der Waals surface area contributed by atoms with E-state index in [0.29, 0.717) is 12.8 Å². The van der Waals surface area contributed by atoms with Crippen LogP contribution in [-0.2, 0) is 19.1 Å². The van der Waals surface area contributed by atoms with Crippen molar-refractivity contribution in [3.05, 3.63) is 36.5 Å². The second kappa shape index (κ2) is 9.69. The zero-order valence-corrected chi connectivity index (χ0v) is 20.5. The number of nitrogens with one attached hydrogen (secondary N) is 1. The highest BCUT2D eigenvalue weighted by Crippen LogP contribution is 2.30. The molecule has 1 aromatic carbocycles. The topological polar surface area (TPSA) is 110 Å². The molecule has 2 aliphatic rings. The number of hydrogen-bond acceptors (Lipinski definition) is 6. The molecule has 188 valence electrons. The Morgan fingerprint density at radius 1 is 1.14 bits per heavy atom. The van der Waals surface area contributed by atoms with Crippen molar-refractivity contribution in [1.82, 2.24) is 19.7 Å². The molecule has 3 heterocycles. The van der Waals surface area contributed by atoms with Crippen molar-refractivity contribution in [2.75, 3.05) is 20.2 Å². The third-order valence-electron chi connectivity index (χ3n) is 6.15. The van der Waals surface area contributed by atoms with Crippen LogP contribution in [0.25, 0.3) is 10.9 Å². The monoisotopic (exact) mass is 484 g/mol. The van der Waals surface area contributed by atoms with Gasteiger partial charge >= 0.3 is 6.09 Å². The SMILES string of the molecule is CN(CC(=O)N[C@H]1CCO[C@H]2CC[C@H](C(=O)n3ccc4ccccc43)N2C1=O)C(=O)OC(C)(C)C. The lowest BCUT2D eigenvalue weighted by atomic mass is 10.1. The maximum Gasteiger partial charge on any atom is 0.410 e. The van der Waals surface area contributed by atoms with E-state index in [-0.39, 0.29) is 31.4 Å². The van der Waals surface area contributed by atoms with Crippen LogP contribution in [0.4, 0.5) is 4.79 Å². The lowest BCUT2D eigenvalue weighted by Gasteiger charge is -2.30. The number of hydrogen-bond donors (Lipinski definition) is 1. The lowest BCUT2D eigenvalue weighted by Crippen LogP contribution is -2.54. The summed E-state index contributed by atoms with van der Waals surface area (Å²) < 4.78 is 12.7. The number of ether oxygens (including phenoxy) is 2. The molecule has 2 aliphatic heterocycles. The van der Waals surface area contributed by atoms with E-state index in [4.69, 9.17) is 9.47 Å². The fraction of sp³-hybridized carbons (Fsp3) is 0.520. The second-order valence-electron chi connectivity index (χ2n) is 9.99. The van der Waals surface area contributed by atoms with E-state index >= 15 is 0 Å². The summed E-state index contributed by atoms with van der Waals surface area (Å²) in [4.78, 5) is 54.4. The van der Waals surface area contributed by atoms with Crippen molar-refractivity contribution < 1.29 is 28.7 Å². The molecule has 2 aromatic rings. The smallest absolute Gasteiger partial charge is 0.410 e. The number of nitrogens with zero attached hydrogens (tertiary/aromatic N) is 3. The number of carbonyl (C=O) groups is 4. The van der Waals surface area contributed by atoms with Gasteiger partial charge < -0.3 is 24.6 Å². The number of amides is 3. The summed E-state index contributed by atoms with van der Waals surface area (Å²) in [7, 11) is 1.46. The van der Waals surface area contributed by atoms with Crippen molar-refractivity contribution >= 4 is 34.7 Å². The molecule has 10 heteroatoms. The minimum atomic E-state index is -0.852. The molecule has 0 unspecified atom stereocenters. The van der Waals surface area contributed by atoms with Gasteiger partial charge in [0.25, 0.3) is 5.91 Å². The van der Waals surface area contributed by atoms with E-state index in [1.165, 1.54) is 11.9 Å². The Kier molecular flexibility index (Phi) is 6.84. The Morgan fingerprint density at radius 3 is 2.63 bits per heavy atom. The van der Waals surface area contributed by atoms with Gasteiger partial charge in [0, 0.05) is 25.1 Å². The van der Waals surface area contributed by atoms with Crippen molar-refractivity contribution in [1.29, 1.82) is 0 Å². The van der Waals surface area contributed by atoms with E-state index in [1.54, 1.807) is 31.5 Å². The predicted molar refractivity (Wildman–Crippen MR) is 128 cm³/mol. The van der Waals surface area contributed by atoms with Gasteiger partial charge in [-0.3, -0.25) is 19.0 Å². The average Bonchev–Trinajstić information content (AvgIpc) is 3.37. The van der Waals surface area contributed by atoms with Gasteiger partial charge in [0.15, 0.2) is 0 Å². The molecular weight excluding hydrogens is 452 g/mol. The molecule has 3 atom stereocenters. The van der Waals surface area contributed by atoms with Crippen LogP contribution < -0.4 is 5.32 Å². The zero-order chi connectivity index (χ0) is 25.3. The zero-order valence-electron chi connectivity index (χ0n) is 20.5. The molecular formula is C25H32N4O6. The summed E-state index contributed by atoms with van der Waals surface area (Å²) >= 11 is 0. The summed E-state index contributed by atoms with van der Waals surface area (Å²) in [5.74, 6) is -1.05. The summed E-state index contributed by atoms with van der Waals surface area (Å²) in [5.41, 5.74) is 0.0903. The number of rotatable bonds is 4. The van der Waals surface area contributed by atoms with Crippen molar-refractivity contribution in [2.24, 2.45) is 0 Å². The average molecular weight is 485 g/mol. The Labute approximate surface area is 204 Å². The Bertz CT molecular complexity index is 1140. The first-order valence-electron chi connectivity index (χ1n) is 11.8. The summed E-state index contributed by atoms with van der Waals surface area (Å²) in [6.07, 6.45) is 1.88. The standard InChI is InChI=1S/C25H32N4O6/c1-25(2,3)35-24(33)27(4)15-20(30)26-17-12-14-34-21-10-9-19(29(21)22(17)31)23(32)28-13-11-16-7-5-6-8-18(16)28/h5-8,11,13,17,19,21H,9-10,12,14-15H2,1-4H3,(H,26,30)/t17-,19+,21-/m0/s1. The molecule has 1 N–H and O–H groups in total. The van der Waals surface area contributed by atoms with Gasteiger partial charge in [-0.2, -0.15) is 0 Å². The number of carbonyl (C=O) groups excluding carboxylic acids is 4. The van der Waals surface area contributed by atoms with Crippen molar-refractivity contribution in [3.63, 3.8) is 0 Å². The third-order valence-corrected chi connectivity index (χ3v) is 6.15. The number of para-hydroxylation sites is 1.